The van der Waals surface area contributed by atoms with E-state index in [0.29, 0.717) is 12.2 Å². The molecule has 2 aliphatic heterocycles. The zero-order valence-corrected chi connectivity index (χ0v) is 13.6. The van der Waals surface area contributed by atoms with Crippen molar-refractivity contribution in [3.05, 3.63) is 22.4 Å². The number of carbonyl (C=O) groups is 1. The molecule has 3 nitrogen and oxygen atoms in total. The van der Waals surface area contributed by atoms with Crippen molar-refractivity contribution in [2.24, 2.45) is 0 Å². The fourth-order valence-electron chi connectivity index (χ4n) is 3.62. The highest BCUT2D eigenvalue weighted by atomic mass is 32.1. The number of nitrogens with zero attached hydrogens (tertiary/aromatic N) is 2. The predicted molar refractivity (Wildman–Crippen MR) is 88.2 cm³/mol. The molecule has 4 heteroatoms. The number of rotatable bonds is 6. The molecule has 1 aromatic heterocycles. The summed E-state index contributed by atoms with van der Waals surface area (Å²) in [7, 11) is 0. The molecule has 1 atom stereocenters. The van der Waals surface area contributed by atoms with Crippen LogP contribution in [0.3, 0.4) is 0 Å². The van der Waals surface area contributed by atoms with E-state index in [9.17, 15) is 4.79 Å². The van der Waals surface area contributed by atoms with Gasteiger partial charge < -0.3 is 4.90 Å². The molecule has 0 N–H and O–H groups in total. The maximum atomic E-state index is 12.0. The minimum atomic E-state index is 0.316. The summed E-state index contributed by atoms with van der Waals surface area (Å²) in [5.41, 5.74) is 0. The summed E-state index contributed by atoms with van der Waals surface area (Å²) in [6.45, 7) is 6.12. The molecule has 0 spiro atoms. The van der Waals surface area contributed by atoms with Crippen LogP contribution < -0.4 is 0 Å². The molecular formula is C17H26N2OS. The molecule has 0 saturated carbocycles. The van der Waals surface area contributed by atoms with Crippen molar-refractivity contribution in [2.75, 3.05) is 32.7 Å². The van der Waals surface area contributed by atoms with Crippen LogP contribution in [-0.4, -0.2) is 54.3 Å². The second-order valence-electron chi connectivity index (χ2n) is 6.34. The van der Waals surface area contributed by atoms with Gasteiger partial charge in [0.15, 0.2) is 5.78 Å². The predicted octanol–water partition coefficient (Wildman–Crippen LogP) is 3.27. The summed E-state index contributed by atoms with van der Waals surface area (Å²) in [5, 5.41) is 1.98. The molecule has 1 aromatic rings. The van der Waals surface area contributed by atoms with E-state index in [-0.39, 0.29) is 0 Å². The maximum absolute atomic E-state index is 12.0. The molecular weight excluding hydrogens is 280 g/mol. The molecule has 0 amide bonds. The van der Waals surface area contributed by atoms with Crippen molar-refractivity contribution < 1.29 is 4.79 Å². The van der Waals surface area contributed by atoms with E-state index in [1.165, 1.54) is 51.9 Å². The average molecular weight is 306 g/mol. The van der Waals surface area contributed by atoms with Crippen LogP contribution in [0.5, 0.6) is 0 Å². The first kappa shape index (κ1) is 15.2. The van der Waals surface area contributed by atoms with Gasteiger partial charge in [0.1, 0.15) is 0 Å². The van der Waals surface area contributed by atoms with Gasteiger partial charge in [0, 0.05) is 19.0 Å². The zero-order valence-electron chi connectivity index (χ0n) is 12.8. The highest BCUT2D eigenvalue weighted by molar-refractivity contribution is 7.12. The number of ketones is 1. The quantitative estimate of drug-likeness (QED) is 0.754. The summed E-state index contributed by atoms with van der Waals surface area (Å²) in [6.07, 6.45) is 7.20. The summed E-state index contributed by atoms with van der Waals surface area (Å²) in [5.74, 6) is 0.316. The fraction of sp³-hybridized carbons (Fsp3) is 0.706. The fourth-order valence-corrected chi connectivity index (χ4v) is 4.31. The Morgan fingerprint density at radius 1 is 1.24 bits per heavy atom. The van der Waals surface area contributed by atoms with E-state index in [0.717, 1.165) is 23.9 Å². The van der Waals surface area contributed by atoms with Gasteiger partial charge in [-0.05, 0) is 63.3 Å². The summed E-state index contributed by atoms with van der Waals surface area (Å²) in [6, 6.07) is 4.68. The SMILES string of the molecule is O=C(CCCN1CCC(N2CCCCC2)C1)c1cccs1. The van der Waals surface area contributed by atoms with Crippen LogP contribution in [0, 0.1) is 0 Å². The van der Waals surface area contributed by atoms with E-state index < -0.39 is 0 Å². The molecule has 0 bridgehead atoms. The Hall–Kier alpha value is -0.710. The molecule has 116 valence electrons. The lowest BCUT2D eigenvalue weighted by atomic mass is 10.1. The van der Waals surface area contributed by atoms with Crippen LogP contribution in [0.1, 0.15) is 48.2 Å². The van der Waals surface area contributed by atoms with Crippen molar-refractivity contribution in [1.82, 2.24) is 9.80 Å². The zero-order chi connectivity index (χ0) is 14.5. The second kappa shape index (κ2) is 7.52. The van der Waals surface area contributed by atoms with Gasteiger partial charge in [0.25, 0.3) is 0 Å². The number of hydrogen-bond donors (Lipinski definition) is 0. The number of thiophene rings is 1. The van der Waals surface area contributed by atoms with Gasteiger partial charge in [0.05, 0.1) is 4.88 Å². The first-order valence-corrected chi connectivity index (χ1v) is 9.24. The van der Waals surface area contributed by atoms with Gasteiger partial charge in [-0.15, -0.1) is 11.3 Å². The molecule has 0 aromatic carbocycles. The Morgan fingerprint density at radius 3 is 2.86 bits per heavy atom. The van der Waals surface area contributed by atoms with Crippen LogP contribution in [0.2, 0.25) is 0 Å². The van der Waals surface area contributed by atoms with Crippen LogP contribution in [-0.2, 0) is 0 Å². The van der Waals surface area contributed by atoms with Crippen molar-refractivity contribution in [3.8, 4) is 0 Å². The number of piperidine rings is 1. The lowest BCUT2D eigenvalue weighted by Crippen LogP contribution is -2.40. The first-order valence-electron chi connectivity index (χ1n) is 8.36. The molecule has 0 aliphatic carbocycles. The molecule has 3 rings (SSSR count). The van der Waals surface area contributed by atoms with Crippen LogP contribution in [0.25, 0.3) is 0 Å². The number of Topliss-reactive ketones (excluding diaryl/α,β-unsaturated/α-hetero) is 1. The van der Waals surface area contributed by atoms with E-state index in [1.807, 2.05) is 17.5 Å². The van der Waals surface area contributed by atoms with Crippen LogP contribution in [0.15, 0.2) is 17.5 Å². The molecule has 3 heterocycles. The van der Waals surface area contributed by atoms with E-state index in [4.69, 9.17) is 0 Å². The highest BCUT2D eigenvalue weighted by Gasteiger charge is 2.28. The standard InChI is InChI=1S/C17H26N2OS/c20-16(17-7-5-13-21-17)6-4-9-18-12-8-15(14-18)19-10-2-1-3-11-19/h5,7,13,15H,1-4,6,8-12,14H2. The van der Waals surface area contributed by atoms with Crippen molar-refractivity contribution in [2.45, 2.75) is 44.6 Å². The Kier molecular flexibility index (Phi) is 5.44. The Bertz CT molecular complexity index is 440. The van der Waals surface area contributed by atoms with Gasteiger partial charge in [-0.1, -0.05) is 12.5 Å². The molecule has 2 fully saturated rings. The van der Waals surface area contributed by atoms with Crippen molar-refractivity contribution >= 4 is 17.1 Å². The van der Waals surface area contributed by atoms with E-state index in [1.54, 1.807) is 11.3 Å². The lowest BCUT2D eigenvalue weighted by molar-refractivity contribution is 0.0979. The average Bonchev–Trinajstić information content (AvgIpc) is 3.20. The lowest BCUT2D eigenvalue weighted by Gasteiger charge is -2.32. The third-order valence-corrected chi connectivity index (χ3v) is 5.74. The summed E-state index contributed by atoms with van der Waals surface area (Å²) < 4.78 is 0. The van der Waals surface area contributed by atoms with Crippen molar-refractivity contribution in [1.29, 1.82) is 0 Å². The minimum Gasteiger partial charge on any atom is -0.302 e. The van der Waals surface area contributed by atoms with Gasteiger partial charge in [-0.25, -0.2) is 0 Å². The third-order valence-electron chi connectivity index (χ3n) is 4.83. The van der Waals surface area contributed by atoms with Crippen molar-refractivity contribution in [3.63, 3.8) is 0 Å². The molecule has 21 heavy (non-hydrogen) atoms. The number of likely N-dealkylation sites (tertiary alicyclic amines) is 2. The minimum absolute atomic E-state index is 0.316. The largest absolute Gasteiger partial charge is 0.302 e. The highest BCUT2D eigenvalue weighted by Crippen LogP contribution is 2.20. The van der Waals surface area contributed by atoms with Crippen LogP contribution in [0.4, 0.5) is 0 Å². The van der Waals surface area contributed by atoms with Gasteiger partial charge >= 0.3 is 0 Å². The van der Waals surface area contributed by atoms with E-state index >= 15 is 0 Å². The Labute approximate surface area is 131 Å². The topological polar surface area (TPSA) is 23.6 Å². The van der Waals surface area contributed by atoms with Crippen LogP contribution >= 0.6 is 11.3 Å². The normalized spacial score (nSPS) is 24.5. The maximum Gasteiger partial charge on any atom is 0.172 e. The second-order valence-corrected chi connectivity index (χ2v) is 7.29. The molecule has 2 aliphatic rings. The van der Waals surface area contributed by atoms with E-state index in [2.05, 4.69) is 9.80 Å². The third kappa shape index (κ3) is 4.15. The summed E-state index contributed by atoms with van der Waals surface area (Å²) >= 11 is 1.56. The Balaban J connectivity index is 1.36. The number of hydrogen-bond acceptors (Lipinski definition) is 4. The van der Waals surface area contributed by atoms with Gasteiger partial charge in [-0.2, -0.15) is 0 Å². The first-order chi connectivity index (χ1) is 10.3. The Morgan fingerprint density at radius 2 is 2.10 bits per heavy atom. The molecule has 2 saturated heterocycles. The monoisotopic (exact) mass is 306 g/mol. The number of carbonyl (C=O) groups excluding carboxylic acids is 1. The smallest absolute Gasteiger partial charge is 0.172 e. The summed E-state index contributed by atoms with van der Waals surface area (Å²) in [4.78, 5) is 18.1. The van der Waals surface area contributed by atoms with Gasteiger partial charge in [-0.3, -0.25) is 9.69 Å². The molecule has 0 radical (unpaired) electrons. The molecule has 1 unspecified atom stereocenters. The van der Waals surface area contributed by atoms with Gasteiger partial charge in [0.2, 0.25) is 0 Å².